The minimum atomic E-state index is -1.35. The van der Waals surface area contributed by atoms with E-state index >= 15 is 0 Å². The molecule has 0 unspecified atom stereocenters. The summed E-state index contributed by atoms with van der Waals surface area (Å²) in [5, 5.41) is 2.81. The van der Waals surface area contributed by atoms with Gasteiger partial charge < -0.3 is 19.6 Å². The van der Waals surface area contributed by atoms with E-state index in [9.17, 15) is 19.2 Å². The summed E-state index contributed by atoms with van der Waals surface area (Å²) in [5.74, 6) is -2.58. The molecule has 1 aliphatic rings. The third-order valence-corrected chi connectivity index (χ3v) is 4.69. The summed E-state index contributed by atoms with van der Waals surface area (Å²) in [4.78, 5) is 55.5. The molecule has 0 bridgehead atoms. The van der Waals surface area contributed by atoms with Crippen molar-refractivity contribution in [3.63, 3.8) is 0 Å². The molecular weight excluding hydrogens is 428 g/mol. The second kappa shape index (κ2) is 9.83. The fourth-order valence-corrected chi connectivity index (χ4v) is 3.10. The smallest absolute Gasteiger partial charge is 0.408 e. The normalized spacial score (nSPS) is 15.0. The topological polar surface area (TPSA) is 111 Å². The predicted octanol–water partition coefficient (Wildman–Crippen LogP) is 3.24. The van der Waals surface area contributed by atoms with Gasteiger partial charge in [0.05, 0.1) is 23.8 Å². The number of benzene rings is 2. The highest BCUT2D eigenvalue weighted by Gasteiger charge is 2.41. The molecule has 1 heterocycles. The Kier molecular flexibility index (Phi) is 7.13. The lowest BCUT2D eigenvalue weighted by Crippen LogP contribution is -2.52. The lowest BCUT2D eigenvalue weighted by Gasteiger charge is -2.27. The molecule has 0 radical (unpaired) electrons. The van der Waals surface area contributed by atoms with Crippen LogP contribution in [-0.4, -0.2) is 46.7 Å². The molecule has 3 amide bonds. The van der Waals surface area contributed by atoms with Crippen LogP contribution in [-0.2, 0) is 25.7 Å². The first-order valence-electron chi connectivity index (χ1n) is 10.4. The molecule has 1 N–H and O–H groups in total. The number of fused-ring (bicyclic) bond motifs is 1. The van der Waals surface area contributed by atoms with Crippen LogP contribution in [0.3, 0.4) is 0 Å². The zero-order chi connectivity index (χ0) is 24.2. The Labute approximate surface area is 191 Å². The lowest BCUT2D eigenvalue weighted by atomic mass is 10.1. The summed E-state index contributed by atoms with van der Waals surface area (Å²) < 4.78 is 11.0. The van der Waals surface area contributed by atoms with Crippen LogP contribution in [0, 0.1) is 0 Å². The van der Waals surface area contributed by atoms with Gasteiger partial charge in [0.1, 0.15) is 5.60 Å². The molecule has 0 aliphatic carbocycles. The summed E-state index contributed by atoms with van der Waals surface area (Å²) in [5.41, 5.74) is 0.296. The lowest BCUT2D eigenvalue weighted by molar-refractivity contribution is -0.175. The molecule has 9 heteroatoms. The van der Waals surface area contributed by atoms with E-state index in [-0.39, 0.29) is 17.7 Å². The van der Waals surface area contributed by atoms with Gasteiger partial charge in [0.2, 0.25) is 0 Å². The highest BCUT2D eigenvalue weighted by Crippen LogP contribution is 2.23. The van der Waals surface area contributed by atoms with E-state index in [4.69, 9.17) is 14.3 Å². The van der Waals surface area contributed by atoms with E-state index in [1.807, 2.05) is 30.3 Å². The quantitative estimate of drug-likeness (QED) is 0.639. The van der Waals surface area contributed by atoms with Gasteiger partial charge in [-0.2, -0.15) is 0 Å². The second-order valence-corrected chi connectivity index (χ2v) is 8.49. The van der Waals surface area contributed by atoms with E-state index in [2.05, 4.69) is 5.32 Å². The Morgan fingerprint density at radius 2 is 1.48 bits per heavy atom. The zero-order valence-electron chi connectivity index (χ0n) is 18.9. The molecule has 174 valence electrons. The van der Waals surface area contributed by atoms with E-state index in [1.54, 1.807) is 39.8 Å². The highest BCUT2D eigenvalue weighted by atomic mass is 16.7. The molecule has 1 aliphatic heterocycles. The van der Waals surface area contributed by atoms with Crippen LogP contribution >= 0.6 is 0 Å². The molecule has 33 heavy (non-hydrogen) atoms. The van der Waals surface area contributed by atoms with Crippen molar-refractivity contribution in [2.45, 2.75) is 52.0 Å². The molecule has 2 atom stereocenters. The van der Waals surface area contributed by atoms with Gasteiger partial charge in [-0.1, -0.05) is 47.5 Å². The van der Waals surface area contributed by atoms with Crippen molar-refractivity contribution < 1.29 is 33.5 Å². The standard InChI is InChI=1S/C24H26N2O7/c1-15(31-14-16-10-6-5-7-11-16)19(25-23(30)32-24(2,3)4)22(29)33-26-20(27)17-12-8-9-13-18(17)21(26)28/h5-13,15,19H,14H2,1-4H3,(H,25,30)/t15-,19+/m0/s1. The monoisotopic (exact) mass is 454 g/mol. The van der Waals surface area contributed by atoms with Gasteiger partial charge in [-0.3, -0.25) is 9.59 Å². The Morgan fingerprint density at radius 3 is 2.03 bits per heavy atom. The number of hydrogen-bond acceptors (Lipinski definition) is 7. The van der Waals surface area contributed by atoms with Gasteiger partial charge in [-0.05, 0) is 45.4 Å². The van der Waals surface area contributed by atoms with Gasteiger partial charge in [-0.15, -0.1) is 0 Å². The fraction of sp³-hybridized carbons (Fsp3) is 0.333. The van der Waals surface area contributed by atoms with Crippen molar-refractivity contribution >= 4 is 23.9 Å². The van der Waals surface area contributed by atoms with Crippen molar-refractivity contribution in [2.75, 3.05) is 0 Å². The molecule has 2 aromatic carbocycles. The van der Waals surface area contributed by atoms with Crippen molar-refractivity contribution in [3.05, 3.63) is 71.3 Å². The largest absolute Gasteiger partial charge is 0.444 e. The van der Waals surface area contributed by atoms with Crippen LogP contribution in [0.4, 0.5) is 4.79 Å². The Hall–Kier alpha value is -3.72. The van der Waals surface area contributed by atoms with Crippen LogP contribution in [0.5, 0.6) is 0 Å². The van der Waals surface area contributed by atoms with E-state index in [0.29, 0.717) is 5.06 Å². The van der Waals surface area contributed by atoms with Crippen LogP contribution < -0.4 is 5.32 Å². The molecule has 0 spiro atoms. The van der Waals surface area contributed by atoms with Crippen LogP contribution in [0.15, 0.2) is 54.6 Å². The number of amides is 3. The summed E-state index contributed by atoms with van der Waals surface area (Å²) in [6.45, 7) is 6.75. The Morgan fingerprint density at radius 1 is 0.939 bits per heavy atom. The van der Waals surface area contributed by atoms with Crippen LogP contribution in [0.25, 0.3) is 0 Å². The molecule has 9 nitrogen and oxygen atoms in total. The maximum absolute atomic E-state index is 13.0. The average Bonchev–Trinajstić information content (AvgIpc) is 3.00. The SMILES string of the molecule is C[C@H](OCc1ccccc1)[C@@H](NC(=O)OC(C)(C)C)C(=O)ON1C(=O)c2ccccc2C1=O. The minimum absolute atomic E-state index is 0.125. The van der Waals surface area contributed by atoms with E-state index in [0.717, 1.165) is 5.56 Å². The number of rotatable bonds is 7. The Balaban J connectivity index is 1.74. The first kappa shape index (κ1) is 23.9. The maximum atomic E-state index is 13.0. The molecule has 3 rings (SSSR count). The number of hydroxylamine groups is 2. The highest BCUT2D eigenvalue weighted by molar-refractivity contribution is 6.20. The summed E-state index contributed by atoms with van der Waals surface area (Å²) in [7, 11) is 0. The van der Waals surface area contributed by atoms with Gasteiger partial charge in [0.25, 0.3) is 11.8 Å². The predicted molar refractivity (Wildman–Crippen MR) is 117 cm³/mol. The summed E-state index contributed by atoms with van der Waals surface area (Å²) in [6.07, 6.45) is -1.75. The third kappa shape index (κ3) is 5.95. The van der Waals surface area contributed by atoms with Crippen molar-refractivity contribution in [1.82, 2.24) is 10.4 Å². The van der Waals surface area contributed by atoms with E-state index < -0.39 is 41.6 Å². The van der Waals surface area contributed by atoms with E-state index in [1.165, 1.54) is 12.1 Å². The van der Waals surface area contributed by atoms with Gasteiger partial charge >= 0.3 is 12.1 Å². The summed E-state index contributed by atoms with van der Waals surface area (Å²) >= 11 is 0. The number of alkyl carbamates (subject to hydrolysis) is 1. The van der Waals surface area contributed by atoms with Gasteiger partial charge in [-0.25, -0.2) is 9.59 Å². The first-order chi connectivity index (χ1) is 15.6. The Bertz CT molecular complexity index is 1010. The number of carbonyl (C=O) groups excluding carboxylic acids is 4. The number of nitrogens with one attached hydrogen (secondary N) is 1. The van der Waals surface area contributed by atoms with Crippen molar-refractivity contribution in [2.24, 2.45) is 0 Å². The number of hydrogen-bond donors (Lipinski definition) is 1. The maximum Gasteiger partial charge on any atom is 0.408 e. The van der Waals surface area contributed by atoms with Gasteiger partial charge in [0, 0.05) is 0 Å². The molecule has 2 aromatic rings. The molecular formula is C24H26N2O7. The molecule has 0 aromatic heterocycles. The number of ether oxygens (including phenoxy) is 2. The minimum Gasteiger partial charge on any atom is -0.444 e. The van der Waals surface area contributed by atoms with Crippen molar-refractivity contribution in [1.29, 1.82) is 0 Å². The average molecular weight is 454 g/mol. The zero-order valence-corrected chi connectivity index (χ0v) is 18.9. The van der Waals surface area contributed by atoms with Crippen LogP contribution in [0.1, 0.15) is 54.0 Å². The second-order valence-electron chi connectivity index (χ2n) is 8.49. The molecule has 0 saturated carbocycles. The first-order valence-corrected chi connectivity index (χ1v) is 10.4. The fourth-order valence-electron chi connectivity index (χ4n) is 3.10. The van der Waals surface area contributed by atoms with Crippen LogP contribution in [0.2, 0.25) is 0 Å². The molecule has 0 fully saturated rings. The van der Waals surface area contributed by atoms with Gasteiger partial charge in [0.15, 0.2) is 6.04 Å². The number of carbonyl (C=O) groups is 4. The van der Waals surface area contributed by atoms with Crippen molar-refractivity contribution in [3.8, 4) is 0 Å². The number of nitrogens with zero attached hydrogens (tertiary/aromatic N) is 1. The summed E-state index contributed by atoms with van der Waals surface area (Å²) in [6, 6.07) is 14.0. The third-order valence-electron chi connectivity index (χ3n) is 4.69. The number of imide groups is 1. The molecule has 0 saturated heterocycles.